The predicted molar refractivity (Wildman–Crippen MR) is 63.3 cm³/mol. The minimum atomic E-state index is 0.237. The fourth-order valence-electron chi connectivity index (χ4n) is 2.09. The molecule has 2 N–H and O–H groups in total. The average molecular weight is 254 g/mol. The Morgan fingerprint density at radius 1 is 1.36 bits per heavy atom. The third-order valence-corrected chi connectivity index (χ3v) is 3.75. The molecule has 76 valence electrons. The summed E-state index contributed by atoms with van der Waals surface area (Å²) in [5, 5.41) is 0. The van der Waals surface area contributed by atoms with Crippen LogP contribution in [0.1, 0.15) is 25.0 Å². The van der Waals surface area contributed by atoms with Crippen molar-refractivity contribution in [3.05, 3.63) is 33.8 Å². The third-order valence-electron chi connectivity index (χ3n) is 3.26. The molecule has 0 radical (unpaired) electrons. The third kappa shape index (κ3) is 1.73. The fraction of sp³-hybridized carbons (Fsp3) is 0.500. The Hall–Kier alpha value is -0.340. The fourth-order valence-corrected chi connectivity index (χ4v) is 2.50. The molecule has 0 saturated carbocycles. The van der Waals surface area contributed by atoms with E-state index in [9.17, 15) is 0 Å². The zero-order valence-corrected chi connectivity index (χ0v) is 10.3. The van der Waals surface area contributed by atoms with Crippen LogP contribution < -0.4 is 5.73 Å². The summed E-state index contributed by atoms with van der Waals surface area (Å²) < 4.78 is 1.16. The highest BCUT2D eigenvalue weighted by Gasteiger charge is 2.32. The summed E-state index contributed by atoms with van der Waals surface area (Å²) in [6.07, 6.45) is 2.10. The Morgan fingerprint density at radius 2 is 2.07 bits per heavy atom. The monoisotopic (exact) mass is 253 g/mol. The Balaban J connectivity index is 2.41. The van der Waals surface area contributed by atoms with Gasteiger partial charge in [-0.25, -0.2) is 0 Å². The lowest BCUT2D eigenvalue weighted by molar-refractivity contribution is 0.265. The van der Waals surface area contributed by atoms with E-state index in [1.807, 2.05) is 0 Å². The molecule has 14 heavy (non-hydrogen) atoms. The van der Waals surface area contributed by atoms with E-state index in [1.54, 1.807) is 0 Å². The highest BCUT2D eigenvalue weighted by molar-refractivity contribution is 9.10. The SMILES string of the molecule is CC1(C)Cc2ccc(Br)cc2CC1N. The molecule has 1 unspecified atom stereocenters. The zero-order chi connectivity index (χ0) is 10.3. The molecule has 1 atom stereocenters. The summed E-state index contributed by atoms with van der Waals surface area (Å²) in [5.41, 5.74) is 9.27. The normalized spacial score (nSPS) is 24.4. The number of hydrogen-bond acceptors (Lipinski definition) is 1. The Bertz CT molecular complexity index is 357. The van der Waals surface area contributed by atoms with Crippen LogP contribution in [0.25, 0.3) is 0 Å². The van der Waals surface area contributed by atoms with Gasteiger partial charge in [0.25, 0.3) is 0 Å². The van der Waals surface area contributed by atoms with Gasteiger partial charge in [-0.15, -0.1) is 0 Å². The van der Waals surface area contributed by atoms with Gasteiger partial charge in [0.15, 0.2) is 0 Å². The van der Waals surface area contributed by atoms with Gasteiger partial charge in [-0.05, 0) is 41.5 Å². The van der Waals surface area contributed by atoms with Gasteiger partial charge in [0.05, 0.1) is 0 Å². The van der Waals surface area contributed by atoms with E-state index >= 15 is 0 Å². The molecule has 0 spiro atoms. The first-order valence-corrected chi connectivity index (χ1v) is 5.81. The summed E-state index contributed by atoms with van der Waals surface area (Å²) >= 11 is 3.50. The second-order valence-electron chi connectivity index (χ2n) is 4.89. The lowest BCUT2D eigenvalue weighted by Crippen LogP contribution is -2.43. The molecule has 0 aliphatic heterocycles. The van der Waals surface area contributed by atoms with Crippen LogP contribution in [0.2, 0.25) is 0 Å². The van der Waals surface area contributed by atoms with Crippen LogP contribution in [-0.2, 0) is 12.8 Å². The van der Waals surface area contributed by atoms with Crippen LogP contribution in [0.3, 0.4) is 0 Å². The zero-order valence-electron chi connectivity index (χ0n) is 8.68. The average Bonchev–Trinajstić information content (AvgIpc) is 2.08. The topological polar surface area (TPSA) is 26.0 Å². The second kappa shape index (κ2) is 3.35. The van der Waals surface area contributed by atoms with E-state index < -0.39 is 0 Å². The highest BCUT2D eigenvalue weighted by atomic mass is 79.9. The van der Waals surface area contributed by atoms with Crippen LogP contribution >= 0.6 is 15.9 Å². The molecule has 1 aromatic carbocycles. The molecule has 0 saturated heterocycles. The summed E-state index contributed by atoms with van der Waals surface area (Å²) in [7, 11) is 0. The van der Waals surface area contributed by atoms with E-state index in [-0.39, 0.29) is 11.5 Å². The summed E-state index contributed by atoms with van der Waals surface area (Å²) in [6, 6.07) is 6.81. The molecule has 0 fully saturated rings. The first-order valence-electron chi connectivity index (χ1n) is 5.02. The van der Waals surface area contributed by atoms with Gasteiger partial charge in [0.2, 0.25) is 0 Å². The van der Waals surface area contributed by atoms with E-state index in [0.29, 0.717) is 0 Å². The molecule has 0 heterocycles. The summed E-state index contributed by atoms with van der Waals surface area (Å²) in [4.78, 5) is 0. The minimum absolute atomic E-state index is 0.237. The van der Waals surface area contributed by atoms with Crippen molar-refractivity contribution in [2.24, 2.45) is 11.1 Å². The molecular weight excluding hydrogens is 238 g/mol. The van der Waals surface area contributed by atoms with Crippen molar-refractivity contribution >= 4 is 15.9 Å². The number of hydrogen-bond donors (Lipinski definition) is 1. The van der Waals surface area contributed by atoms with Crippen LogP contribution in [0, 0.1) is 5.41 Å². The van der Waals surface area contributed by atoms with Crippen molar-refractivity contribution in [3.63, 3.8) is 0 Å². The standard InChI is InChI=1S/C12H16BrN/c1-12(2)7-8-3-4-10(13)5-9(8)6-11(12)14/h3-5,11H,6-7,14H2,1-2H3. The van der Waals surface area contributed by atoms with Gasteiger partial charge >= 0.3 is 0 Å². The molecule has 0 bridgehead atoms. The van der Waals surface area contributed by atoms with Gasteiger partial charge in [0.1, 0.15) is 0 Å². The first-order chi connectivity index (χ1) is 6.49. The summed E-state index contributed by atoms with van der Waals surface area (Å²) in [6.45, 7) is 4.51. The molecule has 1 aliphatic carbocycles. The highest BCUT2D eigenvalue weighted by Crippen LogP contribution is 2.34. The number of rotatable bonds is 0. The van der Waals surface area contributed by atoms with Crippen LogP contribution in [0.5, 0.6) is 0 Å². The molecule has 1 nitrogen and oxygen atoms in total. The quantitative estimate of drug-likeness (QED) is 0.756. The van der Waals surface area contributed by atoms with Crippen LogP contribution in [0.4, 0.5) is 0 Å². The molecule has 2 rings (SSSR count). The van der Waals surface area contributed by atoms with Crippen molar-refractivity contribution < 1.29 is 0 Å². The molecule has 0 aromatic heterocycles. The van der Waals surface area contributed by atoms with Crippen molar-refractivity contribution in [2.75, 3.05) is 0 Å². The number of nitrogens with two attached hydrogens (primary N) is 1. The van der Waals surface area contributed by atoms with E-state index in [2.05, 4.69) is 48.0 Å². The maximum Gasteiger partial charge on any atom is 0.0178 e. The maximum absolute atomic E-state index is 6.16. The van der Waals surface area contributed by atoms with Gasteiger partial charge < -0.3 is 5.73 Å². The lowest BCUT2D eigenvalue weighted by atomic mass is 9.71. The predicted octanol–water partition coefficient (Wildman–Crippen LogP) is 2.90. The molecule has 2 heteroatoms. The van der Waals surface area contributed by atoms with Crippen molar-refractivity contribution in [2.45, 2.75) is 32.7 Å². The molecule has 0 amide bonds. The van der Waals surface area contributed by atoms with E-state index in [0.717, 1.165) is 17.3 Å². The minimum Gasteiger partial charge on any atom is -0.327 e. The number of fused-ring (bicyclic) bond motifs is 1. The van der Waals surface area contributed by atoms with Crippen LogP contribution in [0.15, 0.2) is 22.7 Å². The van der Waals surface area contributed by atoms with Gasteiger partial charge in [0, 0.05) is 10.5 Å². The van der Waals surface area contributed by atoms with E-state index in [4.69, 9.17) is 5.73 Å². The second-order valence-corrected chi connectivity index (χ2v) is 5.80. The Morgan fingerprint density at radius 3 is 2.79 bits per heavy atom. The largest absolute Gasteiger partial charge is 0.327 e. The van der Waals surface area contributed by atoms with Crippen molar-refractivity contribution in [3.8, 4) is 0 Å². The lowest BCUT2D eigenvalue weighted by Gasteiger charge is -2.37. The van der Waals surface area contributed by atoms with E-state index in [1.165, 1.54) is 11.1 Å². The maximum atomic E-state index is 6.16. The van der Waals surface area contributed by atoms with Crippen molar-refractivity contribution in [1.82, 2.24) is 0 Å². The Labute approximate surface area is 93.8 Å². The molecule has 1 aromatic rings. The van der Waals surface area contributed by atoms with Gasteiger partial charge in [-0.2, -0.15) is 0 Å². The first kappa shape index (κ1) is 10.2. The smallest absolute Gasteiger partial charge is 0.0178 e. The number of halogens is 1. The van der Waals surface area contributed by atoms with Crippen LogP contribution in [-0.4, -0.2) is 6.04 Å². The van der Waals surface area contributed by atoms with Crippen molar-refractivity contribution in [1.29, 1.82) is 0 Å². The van der Waals surface area contributed by atoms with Gasteiger partial charge in [-0.3, -0.25) is 0 Å². The Kier molecular flexibility index (Phi) is 2.44. The number of benzene rings is 1. The van der Waals surface area contributed by atoms with Gasteiger partial charge in [-0.1, -0.05) is 35.8 Å². The molecular formula is C12H16BrN. The molecule has 1 aliphatic rings. The summed E-state index contributed by atoms with van der Waals surface area (Å²) in [5.74, 6) is 0.